The smallest absolute Gasteiger partial charge is 0.337 e. The molecule has 0 aliphatic heterocycles. The van der Waals surface area contributed by atoms with E-state index in [1.807, 2.05) is 0 Å². The van der Waals surface area contributed by atoms with Gasteiger partial charge in [-0.05, 0) is 54.6 Å². The van der Waals surface area contributed by atoms with E-state index in [2.05, 4.69) is 10.5 Å². The maximum absolute atomic E-state index is 12.0. The Morgan fingerprint density at radius 3 is 2.57 bits per heavy atom. The number of carbonyl (C=O) groups is 2. The fourth-order valence-electron chi connectivity index (χ4n) is 2.38. The maximum Gasteiger partial charge on any atom is 0.337 e. The van der Waals surface area contributed by atoms with Crippen LogP contribution in [-0.2, 0) is 0 Å². The highest BCUT2D eigenvalue weighted by molar-refractivity contribution is 6.33. The number of carbonyl (C=O) groups excluding carboxylic acids is 1. The first-order chi connectivity index (χ1) is 13.5. The fourth-order valence-corrected chi connectivity index (χ4v) is 2.58. The third-order valence-corrected chi connectivity index (χ3v) is 4.15. The summed E-state index contributed by atoms with van der Waals surface area (Å²) in [6.07, 6.45) is 1.35. The molecule has 3 aromatic rings. The monoisotopic (exact) mass is 398 g/mol. The van der Waals surface area contributed by atoms with Gasteiger partial charge < -0.3 is 14.3 Å². The van der Waals surface area contributed by atoms with E-state index in [1.165, 1.54) is 18.3 Å². The molecule has 0 saturated heterocycles. The lowest BCUT2D eigenvalue weighted by atomic mass is 10.1. The normalized spacial score (nSPS) is 10.8. The van der Waals surface area contributed by atoms with E-state index < -0.39 is 5.97 Å². The molecule has 0 radical (unpaired) electrons. The van der Waals surface area contributed by atoms with Crippen molar-refractivity contribution in [1.29, 1.82) is 0 Å². The number of furan rings is 1. The van der Waals surface area contributed by atoms with Gasteiger partial charge >= 0.3 is 5.97 Å². The van der Waals surface area contributed by atoms with Crippen molar-refractivity contribution < 1.29 is 23.8 Å². The molecule has 3 rings (SSSR count). The number of carboxylic acids is 1. The fraction of sp³-hybridized carbons (Fsp3) is 0.0500. The van der Waals surface area contributed by atoms with E-state index >= 15 is 0 Å². The summed E-state index contributed by atoms with van der Waals surface area (Å²) in [7, 11) is 1.55. The average Bonchev–Trinajstić information content (AvgIpc) is 3.17. The van der Waals surface area contributed by atoms with Crippen LogP contribution < -0.4 is 10.2 Å². The summed E-state index contributed by atoms with van der Waals surface area (Å²) < 4.78 is 10.6. The van der Waals surface area contributed by atoms with Gasteiger partial charge in [0.2, 0.25) is 0 Å². The molecule has 142 valence electrons. The lowest BCUT2D eigenvalue weighted by molar-refractivity contribution is 0.0697. The van der Waals surface area contributed by atoms with Crippen LogP contribution in [0, 0.1) is 0 Å². The van der Waals surface area contributed by atoms with Crippen molar-refractivity contribution in [2.45, 2.75) is 0 Å². The molecule has 0 aliphatic rings. The Kier molecular flexibility index (Phi) is 5.76. The van der Waals surface area contributed by atoms with Gasteiger partial charge in [0.25, 0.3) is 5.91 Å². The summed E-state index contributed by atoms with van der Waals surface area (Å²) >= 11 is 5.87. The first kappa shape index (κ1) is 19.2. The molecule has 0 aliphatic carbocycles. The Labute approximate surface area is 165 Å². The van der Waals surface area contributed by atoms with Gasteiger partial charge in [0.1, 0.15) is 17.3 Å². The van der Waals surface area contributed by atoms with E-state index in [0.29, 0.717) is 28.4 Å². The number of hydrazone groups is 1. The predicted octanol–water partition coefficient (Wildman–Crippen LogP) is 4.07. The molecule has 0 saturated carbocycles. The van der Waals surface area contributed by atoms with Crippen LogP contribution in [-0.4, -0.2) is 30.3 Å². The highest BCUT2D eigenvalue weighted by Crippen LogP contribution is 2.26. The summed E-state index contributed by atoms with van der Waals surface area (Å²) in [5, 5.41) is 13.2. The Morgan fingerprint density at radius 1 is 1.14 bits per heavy atom. The molecular formula is C20H15ClN2O5. The van der Waals surface area contributed by atoms with Crippen LogP contribution in [0.5, 0.6) is 5.75 Å². The van der Waals surface area contributed by atoms with Crippen molar-refractivity contribution in [1.82, 2.24) is 5.43 Å². The second kappa shape index (κ2) is 8.41. The molecular weight excluding hydrogens is 384 g/mol. The molecule has 0 unspecified atom stereocenters. The summed E-state index contributed by atoms with van der Waals surface area (Å²) in [6.45, 7) is 0. The summed E-state index contributed by atoms with van der Waals surface area (Å²) in [4.78, 5) is 23.2. The molecule has 2 aromatic carbocycles. The number of hydrogen-bond acceptors (Lipinski definition) is 5. The molecule has 0 fully saturated rings. The van der Waals surface area contributed by atoms with E-state index in [0.717, 1.165) is 0 Å². The molecule has 1 aromatic heterocycles. The summed E-state index contributed by atoms with van der Waals surface area (Å²) in [5.41, 5.74) is 3.37. The molecule has 28 heavy (non-hydrogen) atoms. The first-order valence-electron chi connectivity index (χ1n) is 8.08. The van der Waals surface area contributed by atoms with Crippen LogP contribution in [0.2, 0.25) is 5.02 Å². The number of nitrogens with one attached hydrogen (secondary N) is 1. The second-order valence-electron chi connectivity index (χ2n) is 5.63. The summed E-state index contributed by atoms with van der Waals surface area (Å²) in [6, 6.07) is 14.5. The number of methoxy groups -OCH3 is 1. The van der Waals surface area contributed by atoms with Crippen LogP contribution in [0.3, 0.4) is 0 Å². The van der Waals surface area contributed by atoms with Crippen LogP contribution in [0.1, 0.15) is 26.5 Å². The van der Waals surface area contributed by atoms with Gasteiger partial charge in [-0.3, -0.25) is 4.79 Å². The quantitative estimate of drug-likeness (QED) is 0.481. The van der Waals surface area contributed by atoms with Gasteiger partial charge in [-0.2, -0.15) is 5.10 Å². The van der Waals surface area contributed by atoms with Gasteiger partial charge in [0.05, 0.1) is 23.9 Å². The molecule has 8 heteroatoms. The largest absolute Gasteiger partial charge is 0.497 e. The van der Waals surface area contributed by atoms with Crippen LogP contribution in [0.4, 0.5) is 0 Å². The van der Waals surface area contributed by atoms with Gasteiger partial charge in [-0.15, -0.1) is 0 Å². The van der Waals surface area contributed by atoms with Gasteiger partial charge in [-0.1, -0.05) is 11.6 Å². The zero-order chi connectivity index (χ0) is 20.1. The Morgan fingerprint density at radius 2 is 1.89 bits per heavy atom. The van der Waals surface area contributed by atoms with Crippen molar-refractivity contribution in [2.24, 2.45) is 5.10 Å². The van der Waals surface area contributed by atoms with E-state index in [1.54, 1.807) is 49.6 Å². The standard InChI is InChI=1S/C20H15ClN2O5/c1-27-14-5-2-12(3-6-14)19(24)23-22-11-15-7-9-18(28-15)13-4-8-17(21)16(10-13)20(25)26/h2-11H,1H3,(H,23,24)(H,25,26)/b22-11+. The van der Waals surface area contributed by atoms with E-state index in [-0.39, 0.29) is 16.5 Å². The number of halogens is 1. The van der Waals surface area contributed by atoms with Crippen molar-refractivity contribution >= 4 is 29.7 Å². The Hall–Kier alpha value is -3.58. The van der Waals surface area contributed by atoms with Crippen molar-refractivity contribution in [3.63, 3.8) is 0 Å². The molecule has 0 bridgehead atoms. The van der Waals surface area contributed by atoms with Crippen molar-refractivity contribution in [2.75, 3.05) is 7.11 Å². The third kappa shape index (κ3) is 4.39. The number of hydrogen-bond donors (Lipinski definition) is 2. The average molecular weight is 399 g/mol. The predicted molar refractivity (Wildman–Crippen MR) is 104 cm³/mol. The topological polar surface area (TPSA) is 101 Å². The van der Waals surface area contributed by atoms with Crippen LogP contribution >= 0.6 is 11.6 Å². The zero-order valence-corrected chi connectivity index (χ0v) is 15.4. The number of amides is 1. The third-order valence-electron chi connectivity index (χ3n) is 3.82. The van der Waals surface area contributed by atoms with Crippen LogP contribution in [0.15, 0.2) is 64.1 Å². The van der Waals surface area contributed by atoms with Gasteiger partial charge in [0, 0.05) is 11.1 Å². The van der Waals surface area contributed by atoms with Crippen LogP contribution in [0.25, 0.3) is 11.3 Å². The minimum atomic E-state index is -1.12. The molecule has 7 nitrogen and oxygen atoms in total. The number of ether oxygens (including phenoxy) is 1. The highest BCUT2D eigenvalue weighted by atomic mass is 35.5. The molecule has 1 heterocycles. The lowest BCUT2D eigenvalue weighted by Gasteiger charge is -2.02. The molecule has 1 amide bonds. The molecule has 0 atom stereocenters. The molecule has 0 spiro atoms. The lowest BCUT2D eigenvalue weighted by Crippen LogP contribution is -2.17. The number of aromatic carboxylic acids is 1. The van der Waals surface area contributed by atoms with Gasteiger partial charge in [0.15, 0.2) is 0 Å². The first-order valence-corrected chi connectivity index (χ1v) is 8.46. The zero-order valence-electron chi connectivity index (χ0n) is 14.7. The molecule has 2 N–H and O–H groups in total. The SMILES string of the molecule is COc1ccc(C(=O)N/N=C/c2ccc(-c3ccc(Cl)c(C(=O)O)c3)o2)cc1. The van der Waals surface area contributed by atoms with Crippen molar-refractivity contribution in [3.8, 4) is 17.1 Å². The minimum absolute atomic E-state index is 0.0162. The summed E-state index contributed by atoms with van der Waals surface area (Å²) in [5.74, 6) is -0.0219. The van der Waals surface area contributed by atoms with E-state index in [4.69, 9.17) is 25.9 Å². The number of nitrogens with zero attached hydrogens (tertiary/aromatic N) is 1. The number of rotatable bonds is 6. The maximum atomic E-state index is 12.0. The second-order valence-corrected chi connectivity index (χ2v) is 6.04. The van der Waals surface area contributed by atoms with Gasteiger partial charge in [-0.25, -0.2) is 10.2 Å². The van der Waals surface area contributed by atoms with Crippen molar-refractivity contribution in [3.05, 3.63) is 76.5 Å². The number of carboxylic acid groups (broad SMARTS) is 1. The highest BCUT2D eigenvalue weighted by Gasteiger charge is 2.12. The van der Waals surface area contributed by atoms with E-state index in [9.17, 15) is 9.59 Å². The Bertz CT molecular complexity index is 1040. The minimum Gasteiger partial charge on any atom is -0.497 e. The number of benzene rings is 2. The Balaban J connectivity index is 1.68.